The number of benzene rings is 1. The number of nitrogens with one attached hydrogen (secondary N) is 2. The molecule has 0 bridgehead atoms. The monoisotopic (exact) mass is 390 g/mol. The maximum absolute atomic E-state index is 11.0. The van der Waals surface area contributed by atoms with Gasteiger partial charge >= 0.3 is 0 Å². The third kappa shape index (κ3) is 2.86. The van der Waals surface area contributed by atoms with Crippen LogP contribution >= 0.6 is 11.6 Å². The molecule has 1 aliphatic rings. The summed E-state index contributed by atoms with van der Waals surface area (Å²) in [5, 5.41) is 41.1. The van der Waals surface area contributed by atoms with Gasteiger partial charge in [0, 0.05) is 11.2 Å². The fourth-order valence-electron chi connectivity index (χ4n) is 3.54. The molecule has 5 atom stereocenters. The highest BCUT2D eigenvalue weighted by molar-refractivity contribution is 6.30. The molecule has 8 nitrogen and oxygen atoms in total. The minimum absolute atomic E-state index is 0.0836. The number of hydrogen-bond acceptors (Lipinski definition) is 6. The fraction of sp³-hybridized carbons (Fsp3) is 0.333. The smallest absolute Gasteiger partial charge is 0.164 e. The Morgan fingerprint density at radius 1 is 1.22 bits per heavy atom. The van der Waals surface area contributed by atoms with E-state index in [4.69, 9.17) is 21.7 Å². The van der Waals surface area contributed by atoms with E-state index >= 15 is 0 Å². The average Bonchev–Trinajstić information content (AvgIpc) is 3.19. The van der Waals surface area contributed by atoms with E-state index in [1.54, 1.807) is 41.1 Å². The zero-order valence-electron chi connectivity index (χ0n) is 14.4. The molecule has 1 saturated heterocycles. The van der Waals surface area contributed by atoms with Gasteiger partial charge in [-0.1, -0.05) is 23.7 Å². The molecule has 9 heteroatoms. The number of fused-ring (bicyclic) bond motifs is 1. The highest BCUT2D eigenvalue weighted by Gasteiger charge is 2.52. The first kappa shape index (κ1) is 18.1. The van der Waals surface area contributed by atoms with Gasteiger partial charge in [0.25, 0.3) is 0 Å². The maximum Gasteiger partial charge on any atom is 0.164 e. The van der Waals surface area contributed by atoms with Gasteiger partial charge in [-0.15, -0.1) is 0 Å². The normalized spacial score (nSPS) is 27.7. The number of aromatic nitrogens is 3. The highest BCUT2D eigenvalue weighted by Crippen LogP contribution is 2.40. The van der Waals surface area contributed by atoms with Crippen LogP contribution in [0, 0.1) is 5.41 Å². The van der Waals surface area contributed by atoms with Crippen LogP contribution in [0.15, 0.2) is 42.9 Å². The Morgan fingerprint density at radius 2 is 1.93 bits per heavy atom. The topological polar surface area (TPSA) is 127 Å². The maximum atomic E-state index is 11.0. The van der Waals surface area contributed by atoms with Crippen molar-refractivity contribution in [2.24, 2.45) is 0 Å². The number of ether oxygens (including phenoxy) is 1. The van der Waals surface area contributed by atoms with Gasteiger partial charge in [0.05, 0.1) is 11.7 Å². The van der Waals surface area contributed by atoms with Crippen LogP contribution in [0.4, 0.5) is 0 Å². The van der Waals surface area contributed by atoms with Crippen molar-refractivity contribution < 1.29 is 20.1 Å². The molecule has 1 aromatic carbocycles. The van der Waals surface area contributed by atoms with Crippen molar-refractivity contribution in [3.8, 4) is 0 Å². The van der Waals surface area contributed by atoms with Gasteiger partial charge in [-0.3, -0.25) is 5.41 Å². The van der Waals surface area contributed by atoms with Gasteiger partial charge in [-0.05, 0) is 30.7 Å². The number of aliphatic hydroxyl groups is 3. The van der Waals surface area contributed by atoms with Gasteiger partial charge in [0.2, 0.25) is 0 Å². The van der Waals surface area contributed by atoms with Gasteiger partial charge in [-0.25, -0.2) is 4.98 Å². The quantitative estimate of drug-likeness (QED) is 0.456. The Morgan fingerprint density at radius 3 is 2.63 bits per heavy atom. The largest absolute Gasteiger partial charge is 0.387 e. The van der Waals surface area contributed by atoms with Crippen molar-refractivity contribution in [2.75, 3.05) is 0 Å². The molecule has 4 rings (SSSR count). The number of aliphatic hydroxyl groups excluding tert-OH is 2. The van der Waals surface area contributed by atoms with Crippen LogP contribution < -0.4 is 5.49 Å². The summed E-state index contributed by atoms with van der Waals surface area (Å²) in [7, 11) is 0. The van der Waals surface area contributed by atoms with E-state index < -0.39 is 30.1 Å². The highest BCUT2D eigenvalue weighted by atomic mass is 35.5. The minimum Gasteiger partial charge on any atom is -0.387 e. The van der Waals surface area contributed by atoms with Gasteiger partial charge in [0.1, 0.15) is 29.6 Å². The first-order valence-corrected chi connectivity index (χ1v) is 8.77. The lowest BCUT2D eigenvalue weighted by Gasteiger charge is -2.32. The molecule has 0 aliphatic carbocycles. The summed E-state index contributed by atoms with van der Waals surface area (Å²) in [6.07, 6.45) is -1.61. The molecule has 3 heterocycles. The van der Waals surface area contributed by atoms with Crippen molar-refractivity contribution in [3.05, 3.63) is 58.9 Å². The molecule has 2 aromatic heterocycles. The van der Waals surface area contributed by atoms with E-state index in [1.165, 1.54) is 13.3 Å². The number of rotatable bonds is 3. The second kappa shape index (κ2) is 6.43. The van der Waals surface area contributed by atoms with Crippen LogP contribution in [0.5, 0.6) is 0 Å². The summed E-state index contributed by atoms with van der Waals surface area (Å²) in [6.45, 7) is 1.52. The minimum atomic E-state index is -1.56. The molecule has 142 valence electrons. The zero-order valence-corrected chi connectivity index (χ0v) is 15.1. The van der Waals surface area contributed by atoms with Crippen molar-refractivity contribution in [2.45, 2.75) is 37.1 Å². The summed E-state index contributed by atoms with van der Waals surface area (Å²) >= 11 is 5.90. The second-order valence-electron chi connectivity index (χ2n) is 6.82. The van der Waals surface area contributed by atoms with Crippen LogP contribution in [-0.4, -0.2) is 48.2 Å². The van der Waals surface area contributed by atoms with E-state index in [1.807, 2.05) is 0 Å². The number of nitrogens with zero attached hydrogens (tertiary/aromatic N) is 2. The Bertz CT molecular complexity index is 1030. The van der Waals surface area contributed by atoms with Gasteiger partial charge < -0.3 is 29.6 Å². The molecular formula is C18H19ClN4O4. The molecule has 1 fully saturated rings. The lowest BCUT2D eigenvalue weighted by atomic mass is 9.87. The van der Waals surface area contributed by atoms with Crippen molar-refractivity contribution in [3.63, 3.8) is 0 Å². The molecule has 0 amide bonds. The summed E-state index contributed by atoms with van der Waals surface area (Å²) < 4.78 is 7.49. The first-order valence-electron chi connectivity index (χ1n) is 8.39. The molecular weight excluding hydrogens is 372 g/mol. The molecule has 0 spiro atoms. The predicted molar refractivity (Wildman–Crippen MR) is 96.9 cm³/mol. The van der Waals surface area contributed by atoms with E-state index in [0.717, 1.165) is 0 Å². The molecule has 5 N–H and O–H groups in total. The lowest BCUT2D eigenvalue weighted by Crippen LogP contribution is -2.45. The summed E-state index contributed by atoms with van der Waals surface area (Å²) in [5.74, 6) is 0. The number of aromatic amines is 1. The number of hydrogen-bond donors (Lipinski definition) is 5. The first-order chi connectivity index (χ1) is 12.8. The van der Waals surface area contributed by atoms with Crippen LogP contribution in [0.3, 0.4) is 0 Å². The predicted octanol–water partition coefficient (Wildman–Crippen LogP) is 1.02. The summed E-state index contributed by atoms with van der Waals surface area (Å²) in [4.78, 5) is 6.80. The van der Waals surface area contributed by atoms with Crippen LogP contribution in [0.25, 0.3) is 11.0 Å². The summed E-state index contributed by atoms with van der Waals surface area (Å²) in [6, 6.07) is 8.24. The van der Waals surface area contributed by atoms with E-state index in [9.17, 15) is 15.3 Å². The Balaban J connectivity index is 1.71. The third-order valence-corrected chi connectivity index (χ3v) is 5.31. The zero-order chi connectivity index (χ0) is 19.3. The van der Waals surface area contributed by atoms with Crippen LogP contribution in [0.2, 0.25) is 5.02 Å². The van der Waals surface area contributed by atoms with E-state index in [-0.39, 0.29) is 5.49 Å². The van der Waals surface area contributed by atoms with Crippen molar-refractivity contribution in [1.82, 2.24) is 14.5 Å². The Hall–Kier alpha value is -2.23. The average molecular weight is 391 g/mol. The standard InChI is InChI=1S/C18H19ClN4O4/c1-18(26,9-2-4-10(19)5-3-9)14-12(24)13(25)17(27-14)23-7-6-11-15(20)21-8-22-16(11)23/h2-8,12-14,17,24-26H,1H3,(H2,20,21,22)/t12-,13+,14-,17+,18+/m0/s1. The molecule has 27 heavy (non-hydrogen) atoms. The number of halogens is 1. The van der Waals surface area contributed by atoms with E-state index in [0.29, 0.717) is 21.6 Å². The SMILES string of the molecule is C[C@@](O)(c1ccc(Cl)cc1)[C@H]1O[C@@H](n2ccc3c(=N)nc[nH]c32)[C@H](O)[C@@H]1O. The Kier molecular flexibility index (Phi) is 4.32. The molecule has 1 aliphatic heterocycles. The van der Waals surface area contributed by atoms with Crippen molar-refractivity contribution in [1.29, 1.82) is 5.41 Å². The van der Waals surface area contributed by atoms with Crippen molar-refractivity contribution >= 4 is 22.6 Å². The van der Waals surface area contributed by atoms with Gasteiger partial charge in [-0.2, -0.15) is 0 Å². The molecule has 3 aromatic rings. The van der Waals surface area contributed by atoms with Crippen LogP contribution in [-0.2, 0) is 10.3 Å². The number of H-pyrrole nitrogens is 1. The molecule has 0 saturated carbocycles. The van der Waals surface area contributed by atoms with Crippen LogP contribution in [0.1, 0.15) is 18.7 Å². The molecule has 0 radical (unpaired) electrons. The van der Waals surface area contributed by atoms with E-state index in [2.05, 4.69) is 9.97 Å². The lowest BCUT2D eigenvalue weighted by molar-refractivity contribution is -0.135. The third-order valence-electron chi connectivity index (χ3n) is 5.06. The fourth-order valence-corrected chi connectivity index (χ4v) is 3.66. The van der Waals surface area contributed by atoms with Gasteiger partial charge in [0.15, 0.2) is 11.7 Å². The summed E-state index contributed by atoms with van der Waals surface area (Å²) in [5.41, 5.74) is -0.446. The molecule has 0 unspecified atom stereocenters. The second-order valence-corrected chi connectivity index (χ2v) is 7.26. The Labute approximate surface area is 159 Å².